The molecule has 1 aliphatic rings. The molecule has 0 unspecified atom stereocenters. The third kappa shape index (κ3) is 5.88. The number of quaternary nitrogens is 1. The van der Waals surface area contributed by atoms with Crippen molar-refractivity contribution in [2.45, 2.75) is 43.5 Å². The van der Waals surface area contributed by atoms with E-state index in [1.807, 2.05) is 35.6 Å². The van der Waals surface area contributed by atoms with Gasteiger partial charge in [-0.15, -0.1) is 0 Å². The highest BCUT2D eigenvalue weighted by molar-refractivity contribution is 7.89. The molecule has 29 heavy (non-hydrogen) atoms. The van der Waals surface area contributed by atoms with E-state index >= 15 is 0 Å². The summed E-state index contributed by atoms with van der Waals surface area (Å²) in [5.74, 6) is -0.115. The molecule has 3 N–H and O–H groups in total. The zero-order valence-electron chi connectivity index (χ0n) is 16.9. The average Bonchev–Trinajstić information content (AvgIpc) is 3.03. The molecular formula is C22H30N3O3S+. The molecule has 2 aromatic rings. The second-order valence-corrected chi connectivity index (χ2v) is 9.47. The Kier molecular flexibility index (Phi) is 7.41. The fourth-order valence-corrected chi connectivity index (χ4v) is 5.05. The van der Waals surface area contributed by atoms with Crippen molar-refractivity contribution in [3.63, 3.8) is 0 Å². The van der Waals surface area contributed by atoms with Crippen LogP contribution in [-0.4, -0.2) is 38.3 Å². The summed E-state index contributed by atoms with van der Waals surface area (Å²) in [6.45, 7) is 3.52. The van der Waals surface area contributed by atoms with Gasteiger partial charge < -0.3 is 10.6 Å². The van der Waals surface area contributed by atoms with E-state index in [-0.39, 0.29) is 16.8 Å². The number of hydrogen-bond acceptors (Lipinski definition) is 3. The van der Waals surface area contributed by atoms with Gasteiger partial charge in [0, 0.05) is 24.3 Å². The van der Waals surface area contributed by atoms with E-state index in [0.29, 0.717) is 25.3 Å². The minimum atomic E-state index is -3.47. The predicted octanol–water partition coefficient (Wildman–Crippen LogP) is 2.51. The Bertz CT molecular complexity index is 891. The lowest BCUT2D eigenvalue weighted by atomic mass is 10.1. The molecule has 6 nitrogen and oxygen atoms in total. The van der Waals surface area contributed by atoms with Crippen LogP contribution in [0.4, 0.5) is 5.69 Å². The standard InChI is InChI=1S/C22H29N3O3S/c1-18(19-9-5-4-6-10-19)23-17-22(26)24-20-11-13-21(14-12-20)29(27,28)25-15-7-2-3-8-16-25/h4-6,9-14,18,23H,2-3,7-8,15-17H2,1H3,(H,24,26)/p+1/t18-/m1/s1. The summed E-state index contributed by atoms with van der Waals surface area (Å²) in [6, 6.07) is 16.7. The number of hydrogen-bond donors (Lipinski definition) is 2. The SMILES string of the molecule is C[C@@H]([NH2+]CC(=O)Nc1ccc(S(=O)(=O)N2CCCCCC2)cc1)c1ccccc1. The van der Waals surface area contributed by atoms with Crippen LogP contribution in [0.5, 0.6) is 0 Å². The number of carbonyl (C=O) groups is 1. The van der Waals surface area contributed by atoms with Gasteiger partial charge in [-0.3, -0.25) is 4.79 Å². The van der Waals surface area contributed by atoms with E-state index in [4.69, 9.17) is 0 Å². The van der Waals surface area contributed by atoms with E-state index in [1.54, 1.807) is 28.6 Å². The quantitative estimate of drug-likeness (QED) is 0.728. The van der Waals surface area contributed by atoms with Crippen LogP contribution in [0.25, 0.3) is 0 Å². The summed E-state index contributed by atoms with van der Waals surface area (Å²) in [5, 5.41) is 4.81. The highest BCUT2D eigenvalue weighted by Crippen LogP contribution is 2.21. The molecule has 1 heterocycles. The first-order valence-electron chi connectivity index (χ1n) is 10.2. The van der Waals surface area contributed by atoms with Crippen molar-refractivity contribution in [3.8, 4) is 0 Å². The second kappa shape index (κ2) is 10.0. The average molecular weight is 417 g/mol. The summed E-state index contributed by atoms with van der Waals surface area (Å²) < 4.78 is 27.2. The van der Waals surface area contributed by atoms with Crippen LogP contribution < -0.4 is 10.6 Å². The summed E-state index contributed by atoms with van der Waals surface area (Å²) in [6.07, 6.45) is 3.98. The molecule has 0 bridgehead atoms. The molecule has 156 valence electrons. The Balaban J connectivity index is 1.55. The summed E-state index contributed by atoms with van der Waals surface area (Å²) in [5.41, 5.74) is 1.77. The maximum atomic E-state index is 12.8. The van der Waals surface area contributed by atoms with Gasteiger partial charge in [0.05, 0.1) is 4.90 Å². The number of nitrogens with one attached hydrogen (secondary N) is 1. The van der Waals surface area contributed by atoms with Gasteiger partial charge in [-0.2, -0.15) is 4.31 Å². The van der Waals surface area contributed by atoms with Crippen molar-refractivity contribution in [3.05, 3.63) is 60.2 Å². The van der Waals surface area contributed by atoms with Crippen LogP contribution >= 0.6 is 0 Å². The number of anilines is 1. The van der Waals surface area contributed by atoms with Crippen molar-refractivity contribution < 1.29 is 18.5 Å². The van der Waals surface area contributed by atoms with Crippen LogP contribution in [0.15, 0.2) is 59.5 Å². The van der Waals surface area contributed by atoms with Gasteiger partial charge in [0.15, 0.2) is 6.54 Å². The molecule has 1 saturated heterocycles. The van der Waals surface area contributed by atoms with Crippen molar-refractivity contribution in [1.82, 2.24) is 4.31 Å². The molecule has 0 aliphatic carbocycles. The molecule has 0 saturated carbocycles. The predicted molar refractivity (Wildman–Crippen MR) is 114 cm³/mol. The first kappa shape index (κ1) is 21.5. The van der Waals surface area contributed by atoms with E-state index in [9.17, 15) is 13.2 Å². The Morgan fingerprint density at radius 1 is 1.00 bits per heavy atom. The van der Waals surface area contributed by atoms with Crippen LogP contribution in [0, 0.1) is 0 Å². The molecule has 0 spiro atoms. The number of sulfonamides is 1. The third-order valence-corrected chi connectivity index (χ3v) is 7.24. The van der Waals surface area contributed by atoms with Crippen molar-refractivity contribution in [2.24, 2.45) is 0 Å². The fraction of sp³-hybridized carbons (Fsp3) is 0.409. The molecule has 0 aromatic heterocycles. The summed E-state index contributed by atoms with van der Waals surface area (Å²) in [7, 11) is -3.47. The smallest absolute Gasteiger partial charge is 0.279 e. The van der Waals surface area contributed by atoms with Crippen LogP contribution in [0.2, 0.25) is 0 Å². The summed E-state index contributed by atoms with van der Waals surface area (Å²) >= 11 is 0. The Morgan fingerprint density at radius 3 is 2.24 bits per heavy atom. The number of rotatable bonds is 7. The zero-order chi connectivity index (χ0) is 20.7. The number of nitrogens with two attached hydrogens (primary N) is 1. The van der Waals surface area contributed by atoms with Crippen molar-refractivity contribution >= 4 is 21.6 Å². The van der Waals surface area contributed by atoms with Crippen LogP contribution in [0.1, 0.15) is 44.2 Å². The van der Waals surface area contributed by atoms with Gasteiger partial charge >= 0.3 is 0 Å². The van der Waals surface area contributed by atoms with Crippen molar-refractivity contribution in [2.75, 3.05) is 25.0 Å². The van der Waals surface area contributed by atoms with Gasteiger partial charge in [-0.05, 0) is 44.0 Å². The number of benzene rings is 2. The Hall–Kier alpha value is -2.22. The Morgan fingerprint density at radius 2 is 1.62 bits per heavy atom. The molecule has 0 radical (unpaired) electrons. The molecule has 3 rings (SSSR count). The second-order valence-electron chi connectivity index (χ2n) is 7.53. The van der Waals surface area contributed by atoms with Gasteiger partial charge in [-0.25, -0.2) is 8.42 Å². The normalized spacial score (nSPS) is 16.7. The maximum absolute atomic E-state index is 12.8. The molecule has 1 atom stereocenters. The van der Waals surface area contributed by atoms with E-state index in [0.717, 1.165) is 25.7 Å². The van der Waals surface area contributed by atoms with Gasteiger partial charge in [-0.1, -0.05) is 43.2 Å². The van der Waals surface area contributed by atoms with E-state index < -0.39 is 10.0 Å². The van der Waals surface area contributed by atoms with Crippen molar-refractivity contribution in [1.29, 1.82) is 0 Å². The molecule has 1 amide bonds. The fourth-order valence-electron chi connectivity index (χ4n) is 3.53. The first-order chi connectivity index (χ1) is 14.0. The van der Waals surface area contributed by atoms with Crippen LogP contribution in [-0.2, 0) is 14.8 Å². The highest BCUT2D eigenvalue weighted by atomic mass is 32.2. The lowest BCUT2D eigenvalue weighted by Crippen LogP contribution is -2.86. The molecule has 2 aromatic carbocycles. The van der Waals surface area contributed by atoms with Gasteiger partial charge in [0.25, 0.3) is 5.91 Å². The van der Waals surface area contributed by atoms with Gasteiger partial charge in [0.2, 0.25) is 10.0 Å². The van der Waals surface area contributed by atoms with E-state index in [1.165, 1.54) is 5.56 Å². The monoisotopic (exact) mass is 416 g/mol. The number of carbonyl (C=O) groups excluding carboxylic acids is 1. The minimum absolute atomic E-state index is 0.115. The number of nitrogens with zero attached hydrogens (tertiary/aromatic N) is 1. The summed E-state index contributed by atoms with van der Waals surface area (Å²) in [4.78, 5) is 12.5. The Labute approximate surface area is 173 Å². The van der Waals surface area contributed by atoms with E-state index in [2.05, 4.69) is 12.2 Å². The van der Waals surface area contributed by atoms with Gasteiger partial charge in [0.1, 0.15) is 6.04 Å². The van der Waals surface area contributed by atoms with Crippen LogP contribution in [0.3, 0.4) is 0 Å². The molecule has 1 aliphatic heterocycles. The minimum Gasteiger partial charge on any atom is -0.333 e. The lowest BCUT2D eigenvalue weighted by Gasteiger charge is -2.20. The topological polar surface area (TPSA) is 83.1 Å². The number of amides is 1. The maximum Gasteiger partial charge on any atom is 0.279 e. The first-order valence-corrected chi connectivity index (χ1v) is 11.7. The highest BCUT2D eigenvalue weighted by Gasteiger charge is 2.25. The third-order valence-electron chi connectivity index (χ3n) is 5.32. The molecular weight excluding hydrogens is 386 g/mol. The molecule has 7 heteroatoms. The largest absolute Gasteiger partial charge is 0.333 e. The molecule has 1 fully saturated rings. The zero-order valence-corrected chi connectivity index (χ0v) is 17.7. The lowest BCUT2D eigenvalue weighted by molar-refractivity contribution is -0.682.